The summed E-state index contributed by atoms with van der Waals surface area (Å²) in [6.07, 6.45) is 5.38. The first-order valence-electron chi connectivity index (χ1n) is 8.90. The van der Waals surface area contributed by atoms with Gasteiger partial charge in [0.05, 0.1) is 24.7 Å². The lowest BCUT2D eigenvalue weighted by molar-refractivity contribution is 0.250. The predicted octanol–water partition coefficient (Wildman–Crippen LogP) is 4.30. The highest BCUT2D eigenvalue weighted by Gasteiger charge is 2.26. The molecule has 1 aliphatic carbocycles. The quantitative estimate of drug-likeness (QED) is 0.755. The number of nitrogens with zero attached hydrogens (tertiary/aromatic N) is 3. The van der Waals surface area contributed by atoms with E-state index in [4.69, 9.17) is 16.9 Å². The third-order valence-electron chi connectivity index (χ3n) is 4.75. The normalized spacial score (nSPS) is 18.3. The van der Waals surface area contributed by atoms with Crippen LogP contribution in [0, 0.1) is 25.2 Å². The number of aromatic nitrogens is 2. The molecule has 1 heterocycles. The standard InChI is InChI=1S/C20H22ClN5O/c1-13-19(14(2)26(25-13)11-3-10-22)15-4-7-18(12-15)24-20(27)23-17-8-5-16(21)6-9-17/h4-9,15,18H,3,11-12H2,1-2H3,(H2,23,24,27)/t15-,18-/m1/s1. The van der Waals surface area contributed by atoms with E-state index in [1.54, 1.807) is 24.3 Å². The number of halogens is 1. The summed E-state index contributed by atoms with van der Waals surface area (Å²) in [5.74, 6) is 0.210. The van der Waals surface area contributed by atoms with Crippen molar-refractivity contribution in [2.45, 2.75) is 45.2 Å². The van der Waals surface area contributed by atoms with Gasteiger partial charge in [0, 0.05) is 33.9 Å². The molecule has 140 valence electrons. The molecule has 0 spiro atoms. The van der Waals surface area contributed by atoms with Gasteiger partial charge < -0.3 is 10.6 Å². The fourth-order valence-electron chi connectivity index (χ4n) is 3.51. The molecule has 1 aliphatic rings. The minimum atomic E-state index is -0.245. The molecular formula is C20H22ClN5O. The van der Waals surface area contributed by atoms with Crippen molar-refractivity contribution in [3.05, 3.63) is 58.4 Å². The number of carbonyl (C=O) groups excluding carboxylic acids is 1. The summed E-state index contributed by atoms with van der Waals surface area (Å²) in [5, 5.41) is 19.8. The SMILES string of the molecule is Cc1nn(CCC#N)c(C)c1[C@@H]1C=C[C@@H](NC(=O)Nc2ccc(Cl)cc2)C1. The third-order valence-corrected chi connectivity index (χ3v) is 5.00. The molecule has 0 radical (unpaired) electrons. The van der Waals surface area contributed by atoms with E-state index in [0.29, 0.717) is 23.7 Å². The van der Waals surface area contributed by atoms with Crippen molar-refractivity contribution in [3.8, 4) is 6.07 Å². The Balaban J connectivity index is 1.60. The topological polar surface area (TPSA) is 82.7 Å². The molecule has 2 aromatic rings. The number of hydrogen-bond donors (Lipinski definition) is 2. The first kappa shape index (κ1) is 19.0. The fraction of sp³-hybridized carbons (Fsp3) is 0.350. The number of aryl methyl sites for hydroxylation is 2. The van der Waals surface area contributed by atoms with Gasteiger partial charge in [-0.3, -0.25) is 4.68 Å². The highest BCUT2D eigenvalue weighted by Crippen LogP contribution is 2.33. The van der Waals surface area contributed by atoms with Crippen LogP contribution in [-0.2, 0) is 6.54 Å². The zero-order valence-corrected chi connectivity index (χ0v) is 16.1. The van der Waals surface area contributed by atoms with E-state index in [9.17, 15) is 4.79 Å². The molecule has 0 aliphatic heterocycles. The molecule has 6 nitrogen and oxygen atoms in total. The Morgan fingerprint density at radius 3 is 2.78 bits per heavy atom. The van der Waals surface area contributed by atoms with Crippen molar-refractivity contribution in [1.82, 2.24) is 15.1 Å². The van der Waals surface area contributed by atoms with Gasteiger partial charge in [0.1, 0.15) is 0 Å². The average Bonchev–Trinajstić information content (AvgIpc) is 3.19. The van der Waals surface area contributed by atoms with Gasteiger partial charge in [0.2, 0.25) is 0 Å². The first-order valence-corrected chi connectivity index (χ1v) is 9.28. The average molecular weight is 384 g/mol. The van der Waals surface area contributed by atoms with E-state index in [-0.39, 0.29) is 18.0 Å². The van der Waals surface area contributed by atoms with Crippen LogP contribution in [0.15, 0.2) is 36.4 Å². The summed E-state index contributed by atoms with van der Waals surface area (Å²) in [6, 6.07) is 8.87. The number of allylic oxidation sites excluding steroid dienone is 1. The number of nitrogens with one attached hydrogen (secondary N) is 2. The van der Waals surface area contributed by atoms with E-state index in [1.165, 1.54) is 5.56 Å². The Labute approximate surface area is 163 Å². The van der Waals surface area contributed by atoms with E-state index in [0.717, 1.165) is 17.8 Å². The van der Waals surface area contributed by atoms with E-state index < -0.39 is 0 Å². The van der Waals surface area contributed by atoms with Gasteiger partial charge in [-0.1, -0.05) is 23.8 Å². The highest BCUT2D eigenvalue weighted by atomic mass is 35.5. The van der Waals surface area contributed by atoms with Gasteiger partial charge in [-0.2, -0.15) is 10.4 Å². The Hall–Kier alpha value is -2.78. The lowest BCUT2D eigenvalue weighted by Crippen LogP contribution is -2.36. The van der Waals surface area contributed by atoms with Crippen molar-refractivity contribution < 1.29 is 4.79 Å². The van der Waals surface area contributed by atoms with Crippen molar-refractivity contribution >= 4 is 23.3 Å². The summed E-state index contributed by atoms with van der Waals surface area (Å²) >= 11 is 5.86. The minimum absolute atomic E-state index is 0.0384. The maximum atomic E-state index is 12.2. The molecule has 2 atom stereocenters. The number of hydrogen-bond acceptors (Lipinski definition) is 3. The molecule has 7 heteroatoms. The summed E-state index contributed by atoms with van der Waals surface area (Å²) in [5.41, 5.74) is 3.95. The number of nitriles is 1. The van der Waals surface area contributed by atoms with Gasteiger partial charge in [-0.15, -0.1) is 0 Å². The first-order chi connectivity index (χ1) is 13.0. The molecule has 0 fully saturated rings. The molecule has 3 rings (SSSR count). The van der Waals surface area contributed by atoms with E-state index >= 15 is 0 Å². The summed E-state index contributed by atoms with van der Waals surface area (Å²) in [4.78, 5) is 12.2. The van der Waals surface area contributed by atoms with Crippen LogP contribution >= 0.6 is 11.6 Å². The monoisotopic (exact) mass is 383 g/mol. The van der Waals surface area contributed by atoms with Crippen LogP contribution in [0.5, 0.6) is 0 Å². The maximum Gasteiger partial charge on any atom is 0.319 e. The summed E-state index contributed by atoms with van der Waals surface area (Å²) in [6.45, 7) is 4.63. The summed E-state index contributed by atoms with van der Waals surface area (Å²) < 4.78 is 1.90. The molecule has 2 amide bonds. The van der Waals surface area contributed by atoms with E-state index in [1.807, 2.05) is 24.6 Å². The van der Waals surface area contributed by atoms with Gasteiger partial charge in [0.15, 0.2) is 0 Å². The minimum Gasteiger partial charge on any atom is -0.332 e. The predicted molar refractivity (Wildman–Crippen MR) is 106 cm³/mol. The zero-order valence-electron chi connectivity index (χ0n) is 15.4. The number of carbonyl (C=O) groups is 1. The zero-order chi connectivity index (χ0) is 19.4. The van der Waals surface area contributed by atoms with Crippen LogP contribution in [0.4, 0.5) is 10.5 Å². The van der Waals surface area contributed by atoms with Crippen LogP contribution in [0.25, 0.3) is 0 Å². The second-order valence-corrected chi connectivity index (χ2v) is 7.09. The lowest BCUT2D eigenvalue weighted by atomic mass is 9.96. The Kier molecular flexibility index (Phi) is 5.82. The van der Waals surface area contributed by atoms with Crippen molar-refractivity contribution in [2.75, 3.05) is 5.32 Å². The van der Waals surface area contributed by atoms with Crippen molar-refractivity contribution in [1.29, 1.82) is 5.26 Å². The Bertz CT molecular complexity index is 894. The number of anilines is 1. The van der Waals surface area contributed by atoms with Crippen LogP contribution < -0.4 is 10.6 Å². The maximum absolute atomic E-state index is 12.2. The number of amides is 2. The molecule has 27 heavy (non-hydrogen) atoms. The molecule has 0 unspecified atom stereocenters. The summed E-state index contributed by atoms with van der Waals surface area (Å²) in [7, 11) is 0. The fourth-order valence-corrected chi connectivity index (χ4v) is 3.64. The molecule has 0 saturated carbocycles. The second kappa shape index (κ2) is 8.28. The van der Waals surface area contributed by atoms with Crippen molar-refractivity contribution in [2.24, 2.45) is 0 Å². The number of benzene rings is 1. The van der Waals surface area contributed by atoms with Gasteiger partial charge in [-0.25, -0.2) is 4.79 Å². The van der Waals surface area contributed by atoms with Gasteiger partial charge in [-0.05, 0) is 44.5 Å². The van der Waals surface area contributed by atoms with Gasteiger partial charge in [0.25, 0.3) is 0 Å². The Morgan fingerprint density at radius 1 is 1.33 bits per heavy atom. The molecular weight excluding hydrogens is 362 g/mol. The molecule has 1 aromatic heterocycles. The molecule has 0 bridgehead atoms. The van der Waals surface area contributed by atoms with Crippen LogP contribution in [0.1, 0.15) is 35.7 Å². The van der Waals surface area contributed by atoms with Crippen LogP contribution in [-0.4, -0.2) is 21.9 Å². The smallest absolute Gasteiger partial charge is 0.319 e. The molecule has 0 saturated heterocycles. The molecule has 1 aromatic carbocycles. The van der Waals surface area contributed by atoms with E-state index in [2.05, 4.69) is 27.9 Å². The molecule has 2 N–H and O–H groups in total. The lowest BCUT2D eigenvalue weighted by Gasteiger charge is -2.15. The second-order valence-electron chi connectivity index (χ2n) is 6.65. The van der Waals surface area contributed by atoms with Gasteiger partial charge >= 0.3 is 6.03 Å². The number of urea groups is 1. The Morgan fingerprint density at radius 2 is 2.07 bits per heavy atom. The van der Waals surface area contributed by atoms with Crippen LogP contribution in [0.2, 0.25) is 5.02 Å². The largest absolute Gasteiger partial charge is 0.332 e. The highest BCUT2D eigenvalue weighted by molar-refractivity contribution is 6.30. The van der Waals surface area contributed by atoms with Crippen molar-refractivity contribution in [3.63, 3.8) is 0 Å². The number of rotatable bonds is 5. The van der Waals surface area contributed by atoms with Crippen LogP contribution in [0.3, 0.4) is 0 Å². The third kappa shape index (κ3) is 4.50.